The zero-order valence-corrected chi connectivity index (χ0v) is 13.4. The smallest absolute Gasteiger partial charge is 0.337 e. The van der Waals surface area contributed by atoms with Gasteiger partial charge in [0, 0.05) is 0 Å². The number of carbonyl (C=O) groups is 1. The second kappa shape index (κ2) is 6.13. The SMILES string of the molecule is COC(=O)c1ccc(C)c(-c2ccc3cc(OC)ccc3c2)c1. The summed E-state index contributed by atoms with van der Waals surface area (Å²) in [6.45, 7) is 2.04. The number of esters is 1. The minimum Gasteiger partial charge on any atom is -0.497 e. The second-order valence-corrected chi connectivity index (χ2v) is 5.45. The summed E-state index contributed by atoms with van der Waals surface area (Å²) in [6, 6.07) is 17.9. The van der Waals surface area contributed by atoms with Gasteiger partial charge in [0.05, 0.1) is 19.8 Å². The largest absolute Gasteiger partial charge is 0.497 e. The van der Waals surface area contributed by atoms with E-state index in [4.69, 9.17) is 9.47 Å². The van der Waals surface area contributed by atoms with E-state index in [2.05, 4.69) is 18.2 Å². The van der Waals surface area contributed by atoms with E-state index in [1.54, 1.807) is 13.2 Å². The highest BCUT2D eigenvalue weighted by molar-refractivity contribution is 5.93. The third-order valence-corrected chi connectivity index (χ3v) is 4.02. The van der Waals surface area contributed by atoms with Crippen molar-refractivity contribution in [2.45, 2.75) is 6.92 Å². The van der Waals surface area contributed by atoms with Crippen LogP contribution in [0.5, 0.6) is 5.75 Å². The maximum atomic E-state index is 11.8. The molecule has 0 saturated heterocycles. The molecule has 0 atom stereocenters. The number of fused-ring (bicyclic) bond motifs is 1. The molecule has 0 aliphatic rings. The molecule has 3 aromatic carbocycles. The summed E-state index contributed by atoms with van der Waals surface area (Å²) < 4.78 is 10.1. The van der Waals surface area contributed by atoms with Crippen LogP contribution in [0.15, 0.2) is 54.6 Å². The molecule has 3 nitrogen and oxygen atoms in total. The zero-order valence-electron chi connectivity index (χ0n) is 13.4. The fourth-order valence-corrected chi connectivity index (χ4v) is 2.70. The molecule has 3 heteroatoms. The van der Waals surface area contributed by atoms with Gasteiger partial charge >= 0.3 is 5.97 Å². The maximum Gasteiger partial charge on any atom is 0.337 e. The Kier molecular flexibility index (Phi) is 4.02. The minimum atomic E-state index is -0.322. The quantitative estimate of drug-likeness (QED) is 0.663. The lowest BCUT2D eigenvalue weighted by atomic mass is 9.96. The topological polar surface area (TPSA) is 35.5 Å². The molecule has 23 heavy (non-hydrogen) atoms. The van der Waals surface area contributed by atoms with Gasteiger partial charge in [-0.3, -0.25) is 0 Å². The van der Waals surface area contributed by atoms with Crippen molar-refractivity contribution in [1.82, 2.24) is 0 Å². The number of benzene rings is 3. The maximum absolute atomic E-state index is 11.8. The summed E-state index contributed by atoms with van der Waals surface area (Å²) >= 11 is 0. The van der Waals surface area contributed by atoms with Gasteiger partial charge in [-0.15, -0.1) is 0 Å². The molecule has 116 valence electrons. The predicted molar refractivity (Wildman–Crippen MR) is 92.0 cm³/mol. The van der Waals surface area contributed by atoms with Crippen LogP contribution in [0.3, 0.4) is 0 Å². The van der Waals surface area contributed by atoms with Gasteiger partial charge in [-0.05, 0) is 64.7 Å². The van der Waals surface area contributed by atoms with Crippen LogP contribution in [0.25, 0.3) is 21.9 Å². The highest BCUT2D eigenvalue weighted by Crippen LogP contribution is 2.29. The van der Waals surface area contributed by atoms with Crippen molar-refractivity contribution in [2.75, 3.05) is 14.2 Å². The van der Waals surface area contributed by atoms with Gasteiger partial charge in [0.1, 0.15) is 5.75 Å². The van der Waals surface area contributed by atoms with Crippen LogP contribution in [0.1, 0.15) is 15.9 Å². The first kappa shape index (κ1) is 15.1. The Morgan fingerprint density at radius 1 is 0.870 bits per heavy atom. The van der Waals surface area contributed by atoms with Crippen LogP contribution in [0, 0.1) is 6.92 Å². The molecule has 0 bridgehead atoms. The molecular weight excluding hydrogens is 288 g/mol. The first-order valence-electron chi connectivity index (χ1n) is 7.39. The molecule has 0 fully saturated rings. The van der Waals surface area contributed by atoms with Crippen LogP contribution in [0.2, 0.25) is 0 Å². The molecular formula is C20H18O3. The summed E-state index contributed by atoms with van der Waals surface area (Å²) in [5.74, 6) is 0.519. The Morgan fingerprint density at radius 2 is 1.61 bits per heavy atom. The molecule has 0 saturated carbocycles. The van der Waals surface area contributed by atoms with E-state index in [1.165, 1.54) is 7.11 Å². The first-order valence-corrected chi connectivity index (χ1v) is 7.39. The van der Waals surface area contributed by atoms with Crippen molar-refractivity contribution >= 4 is 16.7 Å². The lowest BCUT2D eigenvalue weighted by Gasteiger charge is -2.10. The minimum absolute atomic E-state index is 0.322. The van der Waals surface area contributed by atoms with Gasteiger partial charge in [-0.1, -0.05) is 24.3 Å². The van der Waals surface area contributed by atoms with Crippen molar-refractivity contribution in [3.05, 3.63) is 65.7 Å². The standard InChI is InChI=1S/C20H18O3/c1-13-4-5-17(20(21)23-3)12-19(13)16-7-6-15-11-18(22-2)9-8-14(15)10-16/h4-12H,1-3H3. The third kappa shape index (κ3) is 2.90. The van der Waals surface area contributed by atoms with E-state index in [0.29, 0.717) is 5.56 Å². The van der Waals surface area contributed by atoms with E-state index in [1.807, 2.05) is 37.3 Å². The summed E-state index contributed by atoms with van der Waals surface area (Å²) in [5.41, 5.74) is 3.78. The average Bonchev–Trinajstić information content (AvgIpc) is 2.60. The Labute approximate surface area is 135 Å². The third-order valence-electron chi connectivity index (χ3n) is 4.02. The summed E-state index contributed by atoms with van der Waals surface area (Å²) in [7, 11) is 3.06. The normalized spacial score (nSPS) is 10.6. The van der Waals surface area contributed by atoms with Gasteiger partial charge in [0.15, 0.2) is 0 Å². The van der Waals surface area contributed by atoms with Crippen molar-refractivity contribution in [2.24, 2.45) is 0 Å². The van der Waals surface area contributed by atoms with Gasteiger partial charge in [-0.25, -0.2) is 4.79 Å². The number of hydrogen-bond acceptors (Lipinski definition) is 3. The van der Waals surface area contributed by atoms with Crippen LogP contribution in [-0.2, 0) is 4.74 Å². The highest BCUT2D eigenvalue weighted by Gasteiger charge is 2.10. The van der Waals surface area contributed by atoms with Crippen molar-refractivity contribution in [3.63, 3.8) is 0 Å². The van der Waals surface area contributed by atoms with Crippen LogP contribution in [-0.4, -0.2) is 20.2 Å². The molecule has 0 aliphatic heterocycles. The van der Waals surface area contributed by atoms with Crippen LogP contribution in [0.4, 0.5) is 0 Å². The van der Waals surface area contributed by atoms with Gasteiger partial charge in [-0.2, -0.15) is 0 Å². The lowest BCUT2D eigenvalue weighted by Crippen LogP contribution is -2.01. The Balaban J connectivity index is 2.11. The Hall–Kier alpha value is -2.81. The summed E-state index contributed by atoms with van der Waals surface area (Å²) in [5, 5.41) is 2.25. The van der Waals surface area contributed by atoms with Crippen molar-refractivity contribution in [3.8, 4) is 16.9 Å². The van der Waals surface area contributed by atoms with E-state index in [0.717, 1.165) is 33.2 Å². The molecule has 0 aliphatic carbocycles. The van der Waals surface area contributed by atoms with Gasteiger partial charge < -0.3 is 9.47 Å². The zero-order chi connectivity index (χ0) is 16.4. The molecule has 0 unspecified atom stereocenters. The fraction of sp³-hybridized carbons (Fsp3) is 0.150. The molecule has 3 aromatic rings. The Morgan fingerprint density at radius 3 is 2.35 bits per heavy atom. The molecule has 0 amide bonds. The van der Waals surface area contributed by atoms with E-state index in [9.17, 15) is 4.79 Å². The number of hydrogen-bond donors (Lipinski definition) is 0. The Bertz CT molecular complexity index is 881. The van der Waals surface area contributed by atoms with E-state index >= 15 is 0 Å². The monoisotopic (exact) mass is 306 g/mol. The average molecular weight is 306 g/mol. The van der Waals surface area contributed by atoms with Gasteiger partial charge in [0.2, 0.25) is 0 Å². The van der Waals surface area contributed by atoms with Crippen molar-refractivity contribution in [1.29, 1.82) is 0 Å². The van der Waals surface area contributed by atoms with E-state index in [-0.39, 0.29) is 5.97 Å². The molecule has 0 heterocycles. The second-order valence-electron chi connectivity index (χ2n) is 5.45. The predicted octanol–water partition coefficient (Wildman–Crippen LogP) is 4.61. The summed E-state index contributed by atoms with van der Waals surface area (Å²) in [6.07, 6.45) is 0. The molecule has 0 aromatic heterocycles. The number of aryl methyl sites for hydroxylation is 1. The molecule has 0 spiro atoms. The van der Waals surface area contributed by atoms with Crippen LogP contribution >= 0.6 is 0 Å². The number of carbonyl (C=O) groups excluding carboxylic acids is 1. The van der Waals surface area contributed by atoms with E-state index < -0.39 is 0 Å². The lowest BCUT2D eigenvalue weighted by molar-refractivity contribution is 0.0601. The molecule has 0 N–H and O–H groups in total. The summed E-state index contributed by atoms with van der Waals surface area (Å²) in [4.78, 5) is 11.8. The number of methoxy groups -OCH3 is 2. The highest BCUT2D eigenvalue weighted by atomic mass is 16.5. The fourth-order valence-electron chi connectivity index (χ4n) is 2.70. The van der Waals surface area contributed by atoms with Gasteiger partial charge in [0.25, 0.3) is 0 Å². The van der Waals surface area contributed by atoms with Crippen LogP contribution < -0.4 is 4.74 Å². The first-order chi connectivity index (χ1) is 11.1. The van der Waals surface area contributed by atoms with Crippen molar-refractivity contribution < 1.29 is 14.3 Å². The number of rotatable bonds is 3. The molecule has 3 rings (SSSR count). The molecule has 0 radical (unpaired) electrons. The number of ether oxygens (including phenoxy) is 2.